The van der Waals surface area contributed by atoms with Gasteiger partial charge in [0.25, 0.3) is 5.70 Å². The Labute approximate surface area is 136 Å². The molecule has 0 fully saturated rings. The molecular formula is C15H12ClN5O2. The van der Waals surface area contributed by atoms with Crippen molar-refractivity contribution in [3.8, 4) is 0 Å². The Morgan fingerprint density at radius 2 is 1.91 bits per heavy atom. The van der Waals surface area contributed by atoms with Crippen LogP contribution in [0.15, 0.2) is 54.8 Å². The molecule has 0 amide bonds. The molecule has 2 aromatic rings. The summed E-state index contributed by atoms with van der Waals surface area (Å²) in [5.41, 5.74) is 8.40. The molecule has 3 rings (SSSR count). The van der Waals surface area contributed by atoms with Crippen molar-refractivity contribution >= 4 is 22.9 Å². The second-order valence-electron chi connectivity index (χ2n) is 4.83. The standard InChI is InChI=1S/C15H12ClN5O2/c16-12-8-19-6-3-10(12)11-7-13(21(22)23)15(17)20-14(11)9-1-4-18-5-2-9/h1-8,15,20H,17H2. The third kappa shape index (κ3) is 2.92. The highest BCUT2D eigenvalue weighted by Gasteiger charge is 2.29. The number of halogens is 1. The summed E-state index contributed by atoms with van der Waals surface area (Å²) in [6, 6.07) is 5.27. The van der Waals surface area contributed by atoms with Crippen molar-refractivity contribution in [1.82, 2.24) is 15.3 Å². The third-order valence-electron chi connectivity index (χ3n) is 3.42. The first-order valence-corrected chi connectivity index (χ1v) is 7.08. The molecule has 1 aliphatic heterocycles. The fraction of sp³-hybridized carbons (Fsp3) is 0.0667. The number of nitrogens with one attached hydrogen (secondary N) is 1. The first-order chi connectivity index (χ1) is 11.1. The van der Waals surface area contributed by atoms with Gasteiger partial charge in [0.1, 0.15) is 0 Å². The van der Waals surface area contributed by atoms with Crippen LogP contribution >= 0.6 is 11.6 Å². The van der Waals surface area contributed by atoms with E-state index in [1.807, 2.05) is 0 Å². The highest BCUT2D eigenvalue weighted by atomic mass is 35.5. The molecule has 1 aliphatic rings. The fourth-order valence-corrected chi connectivity index (χ4v) is 2.57. The molecule has 0 aliphatic carbocycles. The van der Waals surface area contributed by atoms with E-state index in [2.05, 4.69) is 15.3 Å². The SMILES string of the molecule is NC1NC(c2ccncc2)=C(c2ccncc2Cl)C=C1[N+](=O)[O-]. The Morgan fingerprint density at radius 1 is 1.22 bits per heavy atom. The van der Waals surface area contributed by atoms with E-state index in [9.17, 15) is 10.1 Å². The summed E-state index contributed by atoms with van der Waals surface area (Å²) in [6.07, 6.45) is 6.85. The molecule has 0 radical (unpaired) electrons. The van der Waals surface area contributed by atoms with Gasteiger partial charge >= 0.3 is 0 Å². The summed E-state index contributed by atoms with van der Waals surface area (Å²) in [7, 11) is 0. The van der Waals surface area contributed by atoms with Crippen molar-refractivity contribution in [3.63, 3.8) is 0 Å². The maximum atomic E-state index is 11.2. The largest absolute Gasteiger partial charge is 0.360 e. The van der Waals surface area contributed by atoms with E-state index in [-0.39, 0.29) is 5.70 Å². The van der Waals surface area contributed by atoms with Gasteiger partial charge in [-0.25, -0.2) is 0 Å². The molecule has 0 bridgehead atoms. The Bertz CT molecular complexity index is 820. The van der Waals surface area contributed by atoms with Crippen LogP contribution in [0.5, 0.6) is 0 Å². The van der Waals surface area contributed by atoms with Crippen molar-refractivity contribution in [3.05, 3.63) is 81.0 Å². The predicted molar refractivity (Wildman–Crippen MR) is 86.5 cm³/mol. The van der Waals surface area contributed by atoms with Gasteiger partial charge in [0.2, 0.25) is 0 Å². The summed E-state index contributed by atoms with van der Waals surface area (Å²) in [6.45, 7) is 0. The maximum absolute atomic E-state index is 11.2. The number of pyridine rings is 2. The minimum atomic E-state index is -0.919. The lowest BCUT2D eigenvalue weighted by Crippen LogP contribution is -2.42. The molecule has 2 aromatic heterocycles. The number of allylic oxidation sites excluding steroid dienone is 2. The quantitative estimate of drug-likeness (QED) is 0.659. The number of nitro groups is 1. The molecule has 0 saturated carbocycles. The Balaban J connectivity index is 2.25. The number of dihydropyridines is 1. The summed E-state index contributed by atoms with van der Waals surface area (Å²) >= 11 is 6.21. The van der Waals surface area contributed by atoms with Crippen LogP contribution in [0, 0.1) is 10.1 Å². The van der Waals surface area contributed by atoms with E-state index in [4.69, 9.17) is 17.3 Å². The smallest absolute Gasteiger partial charge is 0.283 e. The zero-order valence-electron chi connectivity index (χ0n) is 11.8. The van der Waals surface area contributed by atoms with Gasteiger partial charge in [-0.3, -0.25) is 20.1 Å². The van der Waals surface area contributed by atoms with Crippen LogP contribution in [-0.4, -0.2) is 21.1 Å². The van der Waals surface area contributed by atoms with Crippen LogP contribution in [0.25, 0.3) is 11.3 Å². The lowest BCUT2D eigenvalue weighted by Gasteiger charge is -2.24. The molecule has 0 aromatic carbocycles. The second-order valence-corrected chi connectivity index (χ2v) is 5.24. The lowest BCUT2D eigenvalue weighted by molar-refractivity contribution is -0.430. The molecule has 116 valence electrons. The summed E-state index contributed by atoms with van der Waals surface area (Å²) in [5.74, 6) is 0. The molecule has 3 N–H and O–H groups in total. The van der Waals surface area contributed by atoms with Gasteiger partial charge in [0.15, 0.2) is 6.17 Å². The van der Waals surface area contributed by atoms with Crippen molar-refractivity contribution in [2.75, 3.05) is 0 Å². The van der Waals surface area contributed by atoms with Crippen molar-refractivity contribution in [1.29, 1.82) is 0 Å². The predicted octanol–water partition coefficient (Wildman–Crippen LogP) is 2.05. The topological polar surface area (TPSA) is 107 Å². The van der Waals surface area contributed by atoms with E-state index in [1.54, 1.807) is 36.8 Å². The van der Waals surface area contributed by atoms with Crippen molar-refractivity contribution in [2.24, 2.45) is 5.73 Å². The zero-order valence-corrected chi connectivity index (χ0v) is 12.6. The summed E-state index contributed by atoms with van der Waals surface area (Å²) in [4.78, 5) is 18.6. The minimum absolute atomic E-state index is 0.134. The van der Waals surface area contributed by atoms with Crippen LogP contribution < -0.4 is 11.1 Å². The van der Waals surface area contributed by atoms with E-state index < -0.39 is 11.1 Å². The summed E-state index contributed by atoms with van der Waals surface area (Å²) in [5, 5.41) is 14.6. The van der Waals surface area contributed by atoms with E-state index in [0.717, 1.165) is 5.56 Å². The van der Waals surface area contributed by atoms with Gasteiger partial charge in [-0.05, 0) is 18.2 Å². The number of aromatic nitrogens is 2. The molecule has 1 unspecified atom stereocenters. The first-order valence-electron chi connectivity index (χ1n) is 6.70. The summed E-state index contributed by atoms with van der Waals surface area (Å²) < 4.78 is 0. The first kappa shape index (κ1) is 15.1. The van der Waals surface area contributed by atoms with Crippen LogP contribution in [0.4, 0.5) is 0 Å². The number of hydrogen-bond acceptors (Lipinski definition) is 6. The second kappa shape index (κ2) is 6.15. The van der Waals surface area contributed by atoms with Crippen molar-refractivity contribution in [2.45, 2.75) is 6.17 Å². The number of hydrogen-bond donors (Lipinski definition) is 2. The van der Waals surface area contributed by atoms with E-state index in [1.165, 1.54) is 12.3 Å². The molecule has 0 saturated heterocycles. The minimum Gasteiger partial charge on any atom is -0.360 e. The molecule has 8 heteroatoms. The Hall–Kier alpha value is -2.77. The zero-order chi connectivity index (χ0) is 16.4. The van der Waals surface area contributed by atoms with Crippen LogP contribution in [0.2, 0.25) is 5.02 Å². The van der Waals surface area contributed by atoms with Crippen LogP contribution in [0.1, 0.15) is 11.1 Å². The molecule has 7 nitrogen and oxygen atoms in total. The average molecular weight is 330 g/mol. The van der Waals surface area contributed by atoms with E-state index in [0.29, 0.717) is 21.9 Å². The van der Waals surface area contributed by atoms with Gasteiger partial charge in [-0.1, -0.05) is 11.6 Å². The number of rotatable bonds is 3. The molecule has 0 spiro atoms. The van der Waals surface area contributed by atoms with Crippen LogP contribution in [-0.2, 0) is 0 Å². The highest BCUT2D eigenvalue weighted by Crippen LogP contribution is 2.33. The Kier molecular flexibility index (Phi) is 4.05. The lowest BCUT2D eigenvalue weighted by atomic mass is 9.96. The normalized spacial score (nSPS) is 17.5. The Morgan fingerprint density at radius 3 is 2.57 bits per heavy atom. The monoisotopic (exact) mass is 329 g/mol. The molecular weight excluding hydrogens is 318 g/mol. The number of nitrogens with zero attached hydrogens (tertiary/aromatic N) is 3. The van der Waals surface area contributed by atoms with Crippen LogP contribution in [0.3, 0.4) is 0 Å². The fourth-order valence-electron chi connectivity index (χ4n) is 2.35. The molecule has 23 heavy (non-hydrogen) atoms. The van der Waals surface area contributed by atoms with Crippen molar-refractivity contribution < 1.29 is 4.92 Å². The number of nitrogens with two attached hydrogens (primary N) is 1. The van der Waals surface area contributed by atoms with Gasteiger partial charge in [-0.2, -0.15) is 0 Å². The van der Waals surface area contributed by atoms with Gasteiger partial charge in [0.05, 0.1) is 15.6 Å². The van der Waals surface area contributed by atoms with E-state index >= 15 is 0 Å². The highest BCUT2D eigenvalue weighted by molar-refractivity contribution is 6.32. The van der Waals surface area contributed by atoms with Gasteiger partial charge < -0.3 is 11.1 Å². The maximum Gasteiger partial charge on any atom is 0.283 e. The molecule has 1 atom stereocenters. The van der Waals surface area contributed by atoms with Gasteiger partial charge in [0, 0.05) is 47.6 Å². The van der Waals surface area contributed by atoms with Gasteiger partial charge in [-0.15, -0.1) is 0 Å². The molecule has 3 heterocycles. The average Bonchev–Trinajstić information content (AvgIpc) is 2.56. The third-order valence-corrected chi connectivity index (χ3v) is 3.72.